The highest BCUT2D eigenvalue weighted by molar-refractivity contribution is 4.52. The number of hydrogen-bond acceptors (Lipinski definition) is 3. The Bertz CT molecular complexity index is 96.2. The Morgan fingerprint density at radius 2 is 2.00 bits per heavy atom. The predicted octanol–water partition coefficient (Wildman–Crippen LogP) is 1.59. The van der Waals surface area contributed by atoms with Crippen molar-refractivity contribution in [3.05, 3.63) is 0 Å². The van der Waals surface area contributed by atoms with Crippen molar-refractivity contribution in [3.8, 4) is 0 Å². The van der Waals surface area contributed by atoms with Crippen LogP contribution in [0, 0.1) is 0 Å². The summed E-state index contributed by atoms with van der Waals surface area (Å²) in [6.07, 6.45) is 2.98. The molecule has 0 saturated carbocycles. The molecule has 80 valence electrons. The van der Waals surface area contributed by atoms with Gasteiger partial charge in [-0.15, -0.1) is 0 Å². The van der Waals surface area contributed by atoms with Gasteiger partial charge in [0.15, 0.2) is 0 Å². The minimum atomic E-state index is 0.235. The van der Waals surface area contributed by atoms with Crippen LogP contribution >= 0.6 is 0 Å². The van der Waals surface area contributed by atoms with Crippen molar-refractivity contribution in [2.75, 3.05) is 26.4 Å². The first-order chi connectivity index (χ1) is 6.35. The second kappa shape index (κ2) is 9.96. The van der Waals surface area contributed by atoms with E-state index in [1.165, 1.54) is 0 Å². The molecule has 0 amide bonds. The van der Waals surface area contributed by atoms with Crippen LogP contribution in [0.3, 0.4) is 0 Å². The van der Waals surface area contributed by atoms with Gasteiger partial charge in [-0.1, -0.05) is 6.92 Å². The zero-order valence-electron chi connectivity index (χ0n) is 8.79. The van der Waals surface area contributed by atoms with E-state index in [2.05, 4.69) is 6.92 Å². The molecule has 1 atom stereocenters. The molecule has 1 unspecified atom stereocenters. The fourth-order valence-corrected chi connectivity index (χ4v) is 1.05. The first kappa shape index (κ1) is 12.9. The molecule has 0 aromatic rings. The van der Waals surface area contributed by atoms with Crippen molar-refractivity contribution in [2.45, 2.75) is 39.2 Å². The van der Waals surface area contributed by atoms with E-state index in [0.29, 0.717) is 6.61 Å². The van der Waals surface area contributed by atoms with Crippen molar-refractivity contribution in [1.29, 1.82) is 0 Å². The second-order valence-electron chi connectivity index (χ2n) is 2.99. The van der Waals surface area contributed by atoms with Gasteiger partial charge in [0.25, 0.3) is 0 Å². The molecule has 0 heterocycles. The van der Waals surface area contributed by atoms with Crippen LogP contribution in [-0.2, 0) is 9.47 Å². The zero-order chi connectivity index (χ0) is 9.94. The van der Waals surface area contributed by atoms with E-state index in [9.17, 15) is 0 Å². The highest BCUT2D eigenvalue weighted by Gasteiger charge is 2.04. The third kappa shape index (κ3) is 8.22. The molecule has 0 fully saturated rings. The lowest BCUT2D eigenvalue weighted by Gasteiger charge is -2.14. The number of aliphatic hydroxyl groups is 1. The van der Waals surface area contributed by atoms with Gasteiger partial charge in [0, 0.05) is 19.8 Å². The molecule has 0 rings (SSSR count). The maximum Gasteiger partial charge on any atom is 0.0805 e. The number of ether oxygens (including phenoxy) is 2. The number of rotatable bonds is 9. The fraction of sp³-hybridized carbons (Fsp3) is 1.00. The van der Waals surface area contributed by atoms with Gasteiger partial charge in [0.1, 0.15) is 0 Å². The van der Waals surface area contributed by atoms with Gasteiger partial charge in [0.2, 0.25) is 0 Å². The summed E-state index contributed by atoms with van der Waals surface area (Å²) < 4.78 is 10.8. The Balaban J connectivity index is 3.17. The fourth-order valence-electron chi connectivity index (χ4n) is 1.05. The lowest BCUT2D eigenvalue weighted by atomic mass is 10.3. The highest BCUT2D eigenvalue weighted by Crippen LogP contribution is 1.99. The summed E-state index contributed by atoms with van der Waals surface area (Å²) in [6.45, 7) is 6.50. The van der Waals surface area contributed by atoms with Gasteiger partial charge < -0.3 is 14.6 Å². The van der Waals surface area contributed by atoms with E-state index in [0.717, 1.165) is 32.5 Å². The molecule has 3 heteroatoms. The summed E-state index contributed by atoms with van der Waals surface area (Å²) in [7, 11) is 0. The monoisotopic (exact) mass is 190 g/mol. The molecule has 0 saturated heterocycles. The quantitative estimate of drug-likeness (QED) is 0.561. The van der Waals surface area contributed by atoms with E-state index in [1.54, 1.807) is 0 Å². The molecular weight excluding hydrogens is 168 g/mol. The highest BCUT2D eigenvalue weighted by atomic mass is 16.5. The topological polar surface area (TPSA) is 38.7 Å². The first-order valence-corrected chi connectivity index (χ1v) is 5.15. The van der Waals surface area contributed by atoms with E-state index in [-0.39, 0.29) is 12.7 Å². The largest absolute Gasteiger partial charge is 0.396 e. The van der Waals surface area contributed by atoms with Gasteiger partial charge in [-0.2, -0.15) is 0 Å². The second-order valence-corrected chi connectivity index (χ2v) is 2.99. The van der Waals surface area contributed by atoms with Crippen LogP contribution in [0.5, 0.6) is 0 Å². The normalized spacial score (nSPS) is 13.2. The minimum absolute atomic E-state index is 0.235. The molecule has 0 aliphatic heterocycles. The lowest BCUT2D eigenvalue weighted by molar-refractivity contribution is -0.0143. The third-order valence-electron chi connectivity index (χ3n) is 1.86. The standard InChI is InChI=1S/C10H22O3/c1-3-10(13-4-2)9-12-8-6-5-7-11/h10-11H,3-9H2,1-2H3. The molecule has 13 heavy (non-hydrogen) atoms. The Hall–Kier alpha value is -0.120. The lowest BCUT2D eigenvalue weighted by Crippen LogP contribution is -2.19. The predicted molar refractivity (Wildman–Crippen MR) is 52.8 cm³/mol. The molecule has 0 aromatic carbocycles. The Labute approximate surface area is 81.0 Å². The summed E-state index contributed by atoms with van der Waals surface area (Å²) in [5.41, 5.74) is 0. The summed E-state index contributed by atoms with van der Waals surface area (Å²) in [5.74, 6) is 0. The number of hydrogen-bond donors (Lipinski definition) is 1. The van der Waals surface area contributed by atoms with Crippen LogP contribution in [0.1, 0.15) is 33.1 Å². The molecular formula is C10H22O3. The number of aliphatic hydroxyl groups excluding tert-OH is 1. The van der Waals surface area contributed by atoms with E-state index < -0.39 is 0 Å². The smallest absolute Gasteiger partial charge is 0.0805 e. The van der Waals surface area contributed by atoms with Crippen molar-refractivity contribution >= 4 is 0 Å². The maximum absolute atomic E-state index is 8.52. The van der Waals surface area contributed by atoms with Gasteiger partial charge >= 0.3 is 0 Å². The number of unbranched alkanes of at least 4 members (excludes halogenated alkanes) is 1. The van der Waals surface area contributed by atoms with Gasteiger partial charge in [-0.3, -0.25) is 0 Å². The SMILES string of the molecule is CCOC(CC)COCCCCO. The Kier molecular flexibility index (Phi) is 9.87. The van der Waals surface area contributed by atoms with Crippen LogP contribution in [0.2, 0.25) is 0 Å². The van der Waals surface area contributed by atoms with Crippen LogP contribution in [0.25, 0.3) is 0 Å². The molecule has 0 aliphatic carbocycles. The maximum atomic E-state index is 8.52. The van der Waals surface area contributed by atoms with Crippen molar-refractivity contribution in [3.63, 3.8) is 0 Å². The van der Waals surface area contributed by atoms with Crippen molar-refractivity contribution < 1.29 is 14.6 Å². The summed E-state index contributed by atoms with van der Waals surface area (Å²) >= 11 is 0. The van der Waals surface area contributed by atoms with Crippen molar-refractivity contribution in [1.82, 2.24) is 0 Å². The average molecular weight is 190 g/mol. The van der Waals surface area contributed by atoms with E-state index in [1.807, 2.05) is 6.92 Å². The van der Waals surface area contributed by atoms with Crippen LogP contribution in [0.4, 0.5) is 0 Å². The summed E-state index contributed by atoms with van der Waals surface area (Å²) in [4.78, 5) is 0. The van der Waals surface area contributed by atoms with Crippen LogP contribution in [0.15, 0.2) is 0 Å². The van der Waals surface area contributed by atoms with Gasteiger partial charge in [-0.25, -0.2) is 0 Å². The minimum Gasteiger partial charge on any atom is -0.396 e. The van der Waals surface area contributed by atoms with E-state index >= 15 is 0 Å². The van der Waals surface area contributed by atoms with Crippen LogP contribution in [-0.4, -0.2) is 37.6 Å². The average Bonchev–Trinajstić information content (AvgIpc) is 2.16. The molecule has 0 spiro atoms. The molecule has 0 radical (unpaired) electrons. The van der Waals surface area contributed by atoms with Crippen molar-refractivity contribution in [2.24, 2.45) is 0 Å². The Morgan fingerprint density at radius 1 is 1.23 bits per heavy atom. The summed E-state index contributed by atoms with van der Waals surface area (Å²) in [6, 6.07) is 0. The van der Waals surface area contributed by atoms with Gasteiger partial charge in [0.05, 0.1) is 12.7 Å². The summed E-state index contributed by atoms with van der Waals surface area (Å²) in [5, 5.41) is 8.52. The third-order valence-corrected chi connectivity index (χ3v) is 1.86. The van der Waals surface area contributed by atoms with Crippen LogP contribution < -0.4 is 0 Å². The molecule has 0 bridgehead atoms. The first-order valence-electron chi connectivity index (χ1n) is 5.15. The Morgan fingerprint density at radius 3 is 2.54 bits per heavy atom. The van der Waals surface area contributed by atoms with Gasteiger partial charge in [-0.05, 0) is 26.2 Å². The van der Waals surface area contributed by atoms with E-state index in [4.69, 9.17) is 14.6 Å². The molecule has 0 aromatic heterocycles. The molecule has 0 aliphatic rings. The molecule has 3 nitrogen and oxygen atoms in total. The molecule has 1 N–H and O–H groups in total. The zero-order valence-corrected chi connectivity index (χ0v) is 8.79.